The molecule has 0 saturated carbocycles. The lowest BCUT2D eigenvalue weighted by molar-refractivity contribution is -0.144. The van der Waals surface area contributed by atoms with Crippen LogP contribution in [0.5, 0.6) is 0 Å². The lowest BCUT2D eigenvalue weighted by Gasteiger charge is -2.37. The summed E-state index contributed by atoms with van der Waals surface area (Å²) in [7, 11) is 0. The Kier molecular flexibility index (Phi) is 5.36. The normalized spacial score (nSPS) is 21.8. The monoisotopic (exact) mass is 259 g/mol. The van der Waals surface area contributed by atoms with Gasteiger partial charge < -0.3 is 25.8 Å². The molecule has 0 aromatic heterocycles. The number of urea groups is 1. The fourth-order valence-corrected chi connectivity index (χ4v) is 1.94. The van der Waals surface area contributed by atoms with Crippen molar-refractivity contribution in [1.29, 1.82) is 0 Å². The molecule has 3 amide bonds. The number of rotatable bonds is 4. The number of hydrogen-bond donors (Lipinski definition) is 3. The van der Waals surface area contributed by atoms with Crippen molar-refractivity contribution in [3.63, 3.8) is 0 Å². The third-order valence-electron chi connectivity index (χ3n) is 2.95. The zero-order valence-electron chi connectivity index (χ0n) is 10.8. The zero-order chi connectivity index (χ0) is 13.7. The second-order valence-electron chi connectivity index (χ2n) is 4.67. The fourth-order valence-electron chi connectivity index (χ4n) is 1.94. The Morgan fingerprint density at radius 2 is 2.22 bits per heavy atom. The van der Waals surface area contributed by atoms with Gasteiger partial charge in [-0.25, -0.2) is 4.79 Å². The van der Waals surface area contributed by atoms with E-state index < -0.39 is 12.1 Å². The molecule has 2 atom stereocenters. The molecule has 4 N–H and O–H groups in total. The largest absolute Gasteiger partial charge is 0.394 e. The number of carbonyl (C=O) groups excluding carboxylic acids is 2. The summed E-state index contributed by atoms with van der Waals surface area (Å²) in [5.74, 6) is -0.307. The summed E-state index contributed by atoms with van der Waals surface area (Å²) >= 11 is 0. The molecule has 7 nitrogen and oxygen atoms in total. The van der Waals surface area contributed by atoms with Crippen LogP contribution in [0.1, 0.15) is 13.8 Å². The molecular weight excluding hydrogens is 238 g/mol. The molecule has 0 aliphatic carbocycles. The first-order valence-electron chi connectivity index (χ1n) is 6.02. The minimum Gasteiger partial charge on any atom is -0.394 e. The number of morpholine rings is 1. The first-order chi connectivity index (χ1) is 8.47. The van der Waals surface area contributed by atoms with Crippen molar-refractivity contribution in [1.82, 2.24) is 10.2 Å². The van der Waals surface area contributed by atoms with Crippen LogP contribution in [0.15, 0.2) is 0 Å². The highest BCUT2D eigenvalue weighted by molar-refractivity contribution is 5.87. The van der Waals surface area contributed by atoms with Crippen molar-refractivity contribution < 1.29 is 19.4 Å². The average molecular weight is 259 g/mol. The SMILES string of the molecule is CC(C)C(NC(N)=O)C(=O)N1CCOCC1CO. The number of nitrogens with zero attached hydrogens (tertiary/aromatic N) is 1. The summed E-state index contributed by atoms with van der Waals surface area (Å²) in [4.78, 5) is 24.8. The van der Waals surface area contributed by atoms with E-state index in [-0.39, 0.29) is 24.5 Å². The number of hydrogen-bond acceptors (Lipinski definition) is 4. The zero-order valence-corrected chi connectivity index (χ0v) is 10.8. The summed E-state index contributed by atoms with van der Waals surface area (Å²) < 4.78 is 5.21. The van der Waals surface area contributed by atoms with Crippen LogP contribution in [-0.2, 0) is 9.53 Å². The molecule has 1 heterocycles. The number of nitrogens with two attached hydrogens (primary N) is 1. The molecule has 1 aliphatic rings. The van der Waals surface area contributed by atoms with Crippen molar-refractivity contribution >= 4 is 11.9 Å². The minimum atomic E-state index is -0.726. The second kappa shape index (κ2) is 6.55. The Bertz CT molecular complexity index is 309. The van der Waals surface area contributed by atoms with Gasteiger partial charge in [-0.05, 0) is 5.92 Å². The van der Waals surface area contributed by atoms with E-state index in [0.717, 1.165) is 0 Å². The number of aliphatic hydroxyl groups excluding tert-OH is 1. The van der Waals surface area contributed by atoms with Crippen LogP contribution >= 0.6 is 0 Å². The van der Waals surface area contributed by atoms with Crippen molar-refractivity contribution in [2.75, 3.05) is 26.4 Å². The Morgan fingerprint density at radius 3 is 2.72 bits per heavy atom. The van der Waals surface area contributed by atoms with E-state index in [1.807, 2.05) is 13.8 Å². The number of carbonyl (C=O) groups is 2. The van der Waals surface area contributed by atoms with Gasteiger partial charge in [0.2, 0.25) is 5.91 Å². The highest BCUT2D eigenvalue weighted by Gasteiger charge is 2.33. The van der Waals surface area contributed by atoms with E-state index in [0.29, 0.717) is 19.8 Å². The number of aliphatic hydroxyl groups is 1. The highest BCUT2D eigenvalue weighted by Crippen LogP contribution is 2.12. The Morgan fingerprint density at radius 1 is 1.56 bits per heavy atom. The van der Waals surface area contributed by atoms with Crippen LogP contribution in [0, 0.1) is 5.92 Å². The molecule has 18 heavy (non-hydrogen) atoms. The molecule has 1 rings (SSSR count). The number of primary amides is 1. The summed E-state index contributed by atoms with van der Waals surface area (Å²) in [6.07, 6.45) is 0. The van der Waals surface area contributed by atoms with Gasteiger partial charge in [-0.15, -0.1) is 0 Å². The van der Waals surface area contributed by atoms with Crippen LogP contribution in [0.25, 0.3) is 0 Å². The summed E-state index contributed by atoms with van der Waals surface area (Å²) in [6, 6.07) is -1.76. The van der Waals surface area contributed by atoms with Gasteiger partial charge in [-0.2, -0.15) is 0 Å². The van der Waals surface area contributed by atoms with Gasteiger partial charge in [0.1, 0.15) is 6.04 Å². The number of nitrogens with one attached hydrogen (secondary N) is 1. The smallest absolute Gasteiger partial charge is 0.312 e. The standard InChI is InChI=1S/C11H21N3O4/c1-7(2)9(13-11(12)17)10(16)14-3-4-18-6-8(14)5-15/h7-9,15H,3-6H2,1-2H3,(H3,12,13,17). The number of ether oxygens (including phenoxy) is 1. The molecule has 104 valence electrons. The maximum atomic E-state index is 12.3. The van der Waals surface area contributed by atoms with Gasteiger partial charge in [0, 0.05) is 6.54 Å². The van der Waals surface area contributed by atoms with Crippen molar-refractivity contribution in [3.05, 3.63) is 0 Å². The van der Waals surface area contributed by atoms with Crippen LogP contribution in [-0.4, -0.2) is 60.4 Å². The quantitative estimate of drug-likeness (QED) is 0.596. The van der Waals surface area contributed by atoms with Crippen LogP contribution < -0.4 is 11.1 Å². The summed E-state index contributed by atoms with van der Waals surface area (Å²) in [6.45, 7) is 4.65. The molecule has 0 spiro atoms. The maximum Gasteiger partial charge on any atom is 0.312 e. The minimum absolute atomic E-state index is 0.0767. The van der Waals surface area contributed by atoms with Crippen molar-refractivity contribution in [2.45, 2.75) is 25.9 Å². The van der Waals surface area contributed by atoms with E-state index in [1.54, 1.807) is 4.90 Å². The van der Waals surface area contributed by atoms with Gasteiger partial charge in [0.25, 0.3) is 0 Å². The first kappa shape index (κ1) is 14.7. The van der Waals surface area contributed by atoms with Gasteiger partial charge in [0.15, 0.2) is 0 Å². The molecule has 0 aromatic carbocycles. The lowest BCUT2D eigenvalue weighted by Crippen LogP contribution is -2.58. The fraction of sp³-hybridized carbons (Fsp3) is 0.818. The predicted molar refractivity (Wildman–Crippen MR) is 64.8 cm³/mol. The molecule has 1 aliphatic heterocycles. The molecule has 1 saturated heterocycles. The average Bonchev–Trinajstić information content (AvgIpc) is 2.34. The highest BCUT2D eigenvalue weighted by atomic mass is 16.5. The third kappa shape index (κ3) is 3.58. The van der Waals surface area contributed by atoms with Crippen LogP contribution in [0.3, 0.4) is 0 Å². The Balaban J connectivity index is 2.77. The van der Waals surface area contributed by atoms with E-state index in [4.69, 9.17) is 10.5 Å². The summed E-state index contributed by atoms with van der Waals surface area (Å²) in [5.41, 5.74) is 5.07. The van der Waals surface area contributed by atoms with Crippen LogP contribution in [0.4, 0.5) is 4.79 Å². The van der Waals surface area contributed by atoms with Crippen LogP contribution in [0.2, 0.25) is 0 Å². The maximum absolute atomic E-state index is 12.3. The second-order valence-corrected chi connectivity index (χ2v) is 4.67. The summed E-state index contributed by atoms with van der Waals surface area (Å²) in [5, 5.41) is 11.7. The third-order valence-corrected chi connectivity index (χ3v) is 2.95. The Hall–Kier alpha value is -1.34. The van der Waals surface area contributed by atoms with Gasteiger partial charge in [0.05, 0.1) is 25.9 Å². The van der Waals surface area contributed by atoms with E-state index in [1.165, 1.54) is 0 Å². The first-order valence-corrected chi connectivity index (χ1v) is 6.02. The molecule has 7 heteroatoms. The Labute approximate surface area is 106 Å². The van der Waals surface area contributed by atoms with E-state index in [2.05, 4.69) is 5.32 Å². The lowest BCUT2D eigenvalue weighted by atomic mass is 10.0. The molecule has 1 fully saturated rings. The van der Waals surface area contributed by atoms with Gasteiger partial charge in [-0.3, -0.25) is 4.79 Å². The topological polar surface area (TPSA) is 105 Å². The molecule has 0 radical (unpaired) electrons. The molecule has 0 aromatic rings. The van der Waals surface area contributed by atoms with E-state index in [9.17, 15) is 14.7 Å². The van der Waals surface area contributed by atoms with Crippen molar-refractivity contribution in [3.8, 4) is 0 Å². The molecule has 2 unspecified atom stereocenters. The predicted octanol–water partition coefficient (Wildman–Crippen LogP) is -1.10. The molecular formula is C11H21N3O4. The van der Waals surface area contributed by atoms with E-state index >= 15 is 0 Å². The number of amides is 3. The van der Waals surface area contributed by atoms with Gasteiger partial charge in [-0.1, -0.05) is 13.8 Å². The molecule has 0 bridgehead atoms. The van der Waals surface area contributed by atoms with Gasteiger partial charge >= 0.3 is 6.03 Å². The van der Waals surface area contributed by atoms with Crippen molar-refractivity contribution in [2.24, 2.45) is 11.7 Å².